The van der Waals surface area contributed by atoms with Crippen LogP contribution in [0.5, 0.6) is 0 Å². The van der Waals surface area contributed by atoms with Crippen LogP contribution in [0, 0.1) is 6.92 Å². The van der Waals surface area contributed by atoms with Crippen molar-refractivity contribution in [3.8, 4) is 0 Å². The summed E-state index contributed by atoms with van der Waals surface area (Å²) in [5, 5.41) is 18.5. The Kier molecular flexibility index (Phi) is 3.78. The number of nitrogens with zero attached hydrogens (tertiary/aromatic N) is 1. The van der Waals surface area contributed by atoms with Gasteiger partial charge >= 0.3 is 5.97 Å². The number of aromatic carboxylic acids is 1. The second kappa shape index (κ2) is 4.75. The van der Waals surface area contributed by atoms with Crippen LogP contribution in [-0.4, -0.2) is 35.4 Å². The Labute approximate surface area is 101 Å². The van der Waals surface area contributed by atoms with Crippen LogP contribution >= 0.6 is 0 Å². The topological polar surface area (TPSA) is 60.8 Å². The standard InChI is InChI=1S/C13H19NO3/c1-9-5-6-11(10(7-9)12(16)17)14(4)13(2,3)8-15/h5-7,15H,8H2,1-4H3,(H,16,17). The first kappa shape index (κ1) is 13.5. The van der Waals surface area contributed by atoms with Crippen molar-refractivity contribution in [2.45, 2.75) is 26.3 Å². The Morgan fingerprint density at radius 2 is 2.00 bits per heavy atom. The number of carboxylic acid groups (broad SMARTS) is 1. The summed E-state index contributed by atoms with van der Waals surface area (Å²) in [6.07, 6.45) is 0. The zero-order valence-corrected chi connectivity index (χ0v) is 10.7. The lowest BCUT2D eigenvalue weighted by molar-refractivity contribution is 0.0697. The third-order valence-electron chi connectivity index (χ3n) is 3.04. The van der Waals surface area contributed by atoms with Crippen LogP contribution in [-0.2, 0) is 0 Å². The molecule has 0 spiro atoms. The molecule has 0 radical (unpaired) electrons. The molecule has 0 aliphatic heterocycles. The molecular weight excluding hydrogens is 218 g/mol. The zero-order chi connectivity index (χ0) is 13.2. The summed E-state index contributed by atoms with van der Waals surface area (Å²) in [4.78, 5) is 13.0. The minimum Gasteiger partial charge on any atom is -0.478 e. The highest BCUT2D eigenvalue weighted by atomic mass is 16.4. The van der Waals surface area contributed by atoms with Crippen molar-refractivity contribution in [3.05, 3.63) is 29.3 Å². The summed E-state index contributed by atoms with van der Waals surface area (Å²) in [5.41, 5.74) is 1.27. The Bertz CT molecular complexity index is 427. The number of anilines is 1. The maximum atomic E-state index is 11.2. The molecule has 0 heterocycles. The van der Waals surface area contributed by atoms with E-state index in [4.69, 9.17) is 0 Å². The molecule has 0 bridgehead atoms. The molecule has 4 heteroatoms. The van der Waals surface area contributed by atoms with Crippen molar-refractivity contribution < 1.29 is 15.0 Å². The first-order valence-electron chi connectivity index (χ1n) is 5.48. The molecule has 0 aromatic heterocycles. The van der Waals surface area contributed by atoms with Crippen LogP contribution in [0.15, 0.2) is 18.2 Å². The molecule has 0 aliphatic rings. The van der Waals surface area contributed by atoms with Gasteiger partial charge in [-0.15, -0.1) is 0 Å². The zero-order valence-electron chi connectivity index (χ0n) is 10.7. The average Bonchev–Trinajstić information content (AvgIpc) is 2.28. The summed E-state index contributed by atoms with van der Waals surface area (Å²) >= 11 is 0. The van der Waals surface area contributed by atoms with E-state index in [9.17, 15) is 15.0 Å². The van der Waals surface area contributed by atoms with Crippen LogP contribution in [0.2, 0.25) is 0 Å². The third-order valence-corrected chi connectivity index (χ3v) is 3.04. The van der Waals surface area contributed by atoms with Crippen molar-refractivity contribution in [2.75, 3.05) is 18.6 Å². The lowest BCUT2D eigenvalue weighted by atomic mass is 10.0. The van der Waals surface area contributed by atoms with Gasteiger partial charge in [0.05, 0.1) is 23.4 Å². The van der Waals surface area contributed by atoms with Gasteiger partial charge in [0.25, 0.3) is 0 Å². The van der Waals surface area contributed by atoms with E-state index >= 15 is 0 Å². The fourth-order valence-corrected chi connectivity index (χ4v) is 1.55. The quantitative estimate of drug-likeness (QED) is 0.839. The molecule has 0 saturated carbocycles. The second-order valence-electron chi connectivity index (χ2n) is 4.86. The van der Waals surface area contributed by atoms with E-state index in [0.717, 1.165) is 5.56 Å². The highest BCUT2D eigenvalue weighted by Gasteiger charge is 2.26. The maximum Gasteiger partial charge on any atom is 0.337 e. The van der Waals surface area contributed by atoms with E-state index in [-0.39, 0.29) is 12.2 Å². The minimum atomic E-state index is -0.954. The van der Waals surface area contributed by atoms with E-state index < -0.39 is 11.5 Å². The Morgan fingerprint density at radius 3 is 2.47 bits per heavy atom. The summed E-state index contributed by atoms with van der Waals surface area (Å²) < 4.78 is 0. The molecule has 0 amide bonds. The molecule has 0 aliphatic carbocycles. The number of aliphatic hydroxyl groups is 1. The summed E-state index contributed by atoms with van der Waals surface area (Å²) in [6, 6.07) is 5.28. The van der Waals surface area contributed by atoms with Crippen LogP contribution < -0.4 is 4.90 Å². The number of hydrogen-bond acceptors (Lipinski definition) is 3. The SMILES string of the molecule is Cc1ccc(N(C)C(C)(C)CO)c(C(=O)O)c1. The van der Waals surface area contributed by atoms with E-state index in [1.165, 1.54) is 0 Å². The summed E-state index contributed by atoms with van der Waals surface area (Å²) in [7, 11) is 1.79. The van der Waals surface area contributed by atoms with E-state index in [2.05, 4.69) is 0 Å². The van der Waals surface area contributed by atoms with Crippen LogP contribution in [0.25, 0.3) is 0 Å². The Balaban J connectivity index is 3.26. The van der Waals surface area contributed by atoms with Gasteiger partial charge in [0.15, 0.2) is 0 Å². The normalized spacial score (nSPS) is 11.4. The molecule has 1 aromatic carbocycles. The molecule has 0 atom stereocenters. The molecule has 17 heavy (non-hydrogen) atoms. The van der Waals surface area contributed by atoms with Crippen molar-refractivity contribution in [3.63, 3.8) is 0 Å². The largest absolute Gasteiger partial charge is 0.478 e. The molecular formula is C13H19NO3. The number of carboxylic acids is 1. The molecule has 1 rings (SSSR count). The molecule has 0 saturated heterocycles. The van der Waals surface area contributed by atoms with Crippen molar-refractivity contribution in [2.24, 2.45) is 0 Å². The van der Waals surface area contributed by atoms with Gasteiger partial charge in [0.2, 0.25) is 0 Å². The second-order valence-corrected chi connectivity index (χ2v) is 4.86. The highest BCUT2D eigenvalue weighted by Crippen LogP contribution is 2.26. The lowest BCUT2D eigenvalue weighted by Gasteiger charge is -2.36. The van der Waals surface area contributed by atoms with Crippen molar-refractivity contribution in [1.29, 1.82) is 0 Å². The molecule has 2 N–H and O–H groups in total. The van der Waals surface area contributed by atoms with E-state index in [1.54, 1.807) is 24.1 Å². The smallest absolute Gasteiger partial charge is 0.337 e. The number of rotatable bonds is 4. The number of hydrogen-bond donors (Lipinski definition) is 2. The Morgan fingerprint density at radius 1 is 1.41 bits per heavy atom. The summed E-state index contributed by atoms with van der Waals surface area (Å²) in [6.45, 7) is 5.53. The molecule has 1 aromatic rings. The number of likely N-dealkylation sites (N-methyl/N-ethyl adjacent to an activating group) is 1. The number of benzene rings is 1. The third kappa shape index (κ3) is 2.77. The van der Waals surface area contributed by atoms with Gasteiger partial charge in [-0.2, -0.15) is 0 Å². The first-order valence-corrected chi connectivity index (χ1v) is 5.48. The van der Waals surface area contributed by atoms with Gasteiger partial charge < -0.3 is 15.1 Å². The van der Waals surface area contributed by atoms with Gasteiger partial charge in [0, 0.05) is 7.05 Å². The lowest BCUT2D eigenvalue weighted by Crippen LogP contribution is -2.45. The van der Waals surface area contributed by atoms with Crippen LogP contribution in [0.3, 0.4) is 0 Å². The molecule has 94 valence electrons. The average molecular weight is 237 g/mol. The van der Waals surface area contributed by atoms with Crippen molar-refractivity contribution in [1.82, 2.24) is 0 Å². The number of aliphatic hydroxyl groups excluding tert-OH is 1. The highest BCUT2D eigenvalue weighted by molar-refractivity contribution is 5.94. The molecule has 0 unspecified atom stereocenters. The predicted octanol–water partition coefficient (Wildman–Crippen LogP) is 1.90. The summed E-state index contributed by atoms with van der Waals surface area (Å²) in [5.74, 6) is -0.954. The molecule has 4 nitrogen and oxygen atoms in total. The Hall–Kier alpha value is -1.55. The van der Waals surface area contributed by atoms with E-state index in [0.29, 0.717) is 5.69 Å². The molecule has 0 fully saturated rings. The van der Waals surface area contributed by atoms with Crippen LogP contribution in [0.1, 0.15) is 29.8 Å². The predicted molar refractivity (Wildman–Crippen MR) is 67.7 cm³/mol. The fourth-order valence-electron chi connectivity index (χ4n) is 1.55. The van der Waals surface area contributed by atoms with Gasteiger partial charge in [-0.1, -0.05) is 11.6 Å². The minimum absolute atomic E-state index is 0.0452. The van der Waals surface area contributed by atoms with Gasteiger partial charge in [0.1, 0.15) is 0 Å². The fraction of sp³-hybridized carbons (Fsp3) is 0.462. The van der Waals surface area contributed by atoms with Crippen LogP contribution in [0.4, 0.5) is 5.69 Å². The maximum absolute atomic E-state index is 11.2. The van der Waals surface area contributed by atoms with Gasteiger partial charge in [-0.3, -0.25) is 0 Å². The monoisotopic (exact) mass is 237 g/mol. The van der Waals surface area contributed by atoms with Gasteiger partial charge in [-0.25, -0.2) is 4.79 Å². The van der Waals surface area contributed by atoms with E-state index in [1.807, 2.05) is 26.8 Å². The number of carbonyl (C=O) groups is 1. The van der Waals surface area contributed by atoms with Gasteiger partial charge in [-0.05, 0) is 32.9 Å². The van der Waals surface area contributed by atoms with Crippen molar-refractivity contribution >= 4 is 11.7 Å². The number of aryl methyl sites for hydroxylation is 1. The first-order chi connectivity index (χ1) is 7.79.